The van der Waals surface area contributed by atoms with Crippen LogP contribution >= 0.6 is 0 Å². The average Bonchev–Trinajstić information content (AvgIpc) is 1.96. The van der Waals surface area contributed by atoms with Crippen molar-refractivity contribution in [2.45, 2.75) is 0 Å². The van der Waals surface area contributed by atoms with E-state index in [-0.39, 0.29) is 3.57 Å². The zero-order chi connectivity index (χ0) is 8.43. The fourth-order valence-corrected chi connectivity index (χ4v) is 2.00. The van der Waals surface area contributed by atoms with E-state index in [1.165, 1.54) is 0 Å². The van der Waals surface area contributed by atoms with Gasteiger partial charge in [-0.05, 0) is 0 Å². The Morgan fingerprint density at radius 1 is 1.18 bits per heavy atom. The first kappa shape index (κ1) is 8.83. The van der Waals surface area contributed by atoms with Gasteiger partial charge in [0.1, 0.15) is 0 Å². The summed E-state index contributed by atoms with van der Waals surface area (Å²) in [6.45, 7) is 0. The van der Waals surface area contributed by atoms with E-state index >= 15 is 0 Å². The standard InChI is InChI=1S/C7H5F3I/c1-11-6-3-4(8)2-5(9)7(6)10/h2-3H,1H3/q-1. The van der Waals surface area contributed by atoms with Crippen LogP contribution in [0.3, 0.4) is 0 Å². The number of benzene rings is 1. The maximum absolute atomic E-state index is 12.7. The fraction of sp³-hybridized carbons (Fsp3) is 0.143. The van der Waals surface area contributed by atoms with Gasteiger partial charge in [0.25, 0.3) is 0 Å². The molecule has 0 atom stereocenters. The molecule has 0 unspecified atom stereocenters. The zero-order valence-corrected chi connectivity index (χ0v) is 7.82. The van der Waals surface area contributed by atoms with Crippen molar-refractivity contribution in [3.05, 3.63) is 33.2 Å². The second-order valence-corrected chi connectivity index (χ2v) is 4.11. The summed E-state index contributed by atoms with van der Waals surface area (Å²) in [7, 11) is 0. The van der Waals surface area contributed by atoms with Gasteiger partial charge in [-0.25, -0.2) is 0 Å². The van der Waals surface area contributed by atoms with E-state index in [0.29, 0.717) is 6.07 Å². The van der Waals surface area contributed by atoms with Gasteiger partial charge in [0, 0.05) is 0 Å². The first-order chi connectivity index (χ1) is 5.15. The SMILES string of the molecule is C[I-]c1cc(F)cc(F)c1F. The molecule has 0 saturated carbocycles. The molecule has 0 aliphatic rings. The molecule has 0 radical (unpaired) electrons. The predicted octanol–water partition coefficient (Wildman–Crippen LogP) is -1.01. The van der Waals surface area contributed by atoms with E-state index < -0.39 is 38.7 Å². The third kappa shape index (κ3) is 1.85. The van der Waals surface area contributed by atoms with Crippen LogP contribution in [0.5, 0.6) is 0 Å². The molecule has 0 spiro atoms. The Morgan fingerprint density at radius 3 is 2.36 bits per heavy atom. The van der Waals surface area contributed by atoms with Gasteiger partial charge in [-0.1, -0.05) is 0 Å². The topological polar surface area (TPSA) is 0 Å². The van der Waals surface area contributed by atoms with Crippen molar-refractivity contribution in [2.24, 2.45) is 0 Å². The van der Waals surface area contributed by atoms with Crippen LogP contribution in [-0.2, 0) is 0 Å². The minimum absolute atomic E-state index is 0.182. The van der Waals surface area contributed by atoms with Crippen molar-refractivity contribution in [1.82, 2.24) is 0 Å². The van der Waals surface area contributed by atoms with Crippen molar-refractivity contribution < 1.29 is 34.4 Å². The number of hydrogen-bond acceptors (Lipinski definition) is 0. The van der Waals surface area contributed by atoms with E-state index in [1.807, 2.05) is 0 Å². The summed E-state index contributed by atoms with van der Waals surface area (Å²) in [6, 6.07) is 1.60. The molecule has 0 aliphatic carbocycles. The Hall–Kier alpha value is -0.260. The Kier molecular flexibility index (Phi) is 2.75. The third-order valence-corrected chi connectivity index (χ3v) is 3.10. The molecular formula is C7H5F3I-. The van der Waals surface area contributed by atoms with Crippen LogP contribution in [0, 0.1) is 21.0 Å². The summed E-state index contributed by atoms with van der Waals surface area (Å²) in [5.41, 5.74) is 0. The number of hydrogen-bond donors (Lipinski definition) is 0. The molecule has 0 bridgehead atoms. The second kappa shape index (κ2) is 3.42. The average molecular weight is 273 g/mol. The molecule has 0 nitrogen and oxygen atoms in total. The van der Waals surface area contributed by atoms with Crippen LogP contribution in [0.25, 0.3) is 0 Å². The van der Waals surface area contributed by atoms with Crippen LogP contribution in [-0.4, -0.2) is 4.93 Å². The zero-order valence-electron chi connectivity index (χ0n) is 5.67. The van der Waals surface area contributed by atoms with E-state index in [1.54, 1.807) is 4.93 Å². The monoisotopic (exact) mass is 273 g/mol. The summed E-state index contributed by atoms with van der Waals surface area (Å²) in [4.78, 5) is 1.75. The Bertz CT molecular complexity index is 273. The molecule has 0 saturated heterocycles. The summed E-state index contributed by atoms with van der Waals surface area (Å²) in [5, 5.41) is 0. The maximum atomic E-state index is 12.7. The Morgan fingerprint density at radius 2 is 1.82 bits per heavy atom. The van der Waals surface area contributed by atoms with Crippen molar-refractivity contribution in [1.29, 1.82) is 0 Å². The third-order valence-electron chi connectivity index (χ3n) is 1.15. The normalized spacial score (nSPS) is 10.5. The number of rotatable bonds is 1. The summed E-state index contributed by atoms with van der Waals surface area (Å²) in [5.74, 6) is -2.70. The minimum atomic E-state index is -1.10. The molecule has 11 heavy (non-hydrogen) atoms. The van der Waals surface area contributed by atoms with Crippen molar-refractivity contribution in [2.75, 3.05) is 4.93 Å². The van der Waals surface area contributed by atoms with Crippen molar-refractivity contribution >= 4 is 0 Å². The summed E-state index contributed by atoms with van der Waals surface area (Å²) in [6.07, 6.45) is 0. The van der Waals surface area contributed by atoms with Crippen LogP contribution < -0.4 is 21.2 Å². The molecule has 0 fully saturated rings. The molecule has 0 amide bonds. The fourth-order valence-electron chi connectivity index (χ4n) is 0.662. The van der Waals surface area contributed by atoms with Gasteiger partial charge in [0.2, 0.25) is 0 Å². The van der Waals surface area contributed by atoms with Crippen LogP contribution in [0.4, 0.5) is 13.2 Å². The van der Waals surface area contributed by atoms with Gasteiger partial charge in [0.15, 0.2) is 0 Å². The molecule has 0 aliphatic heterocycles. The van der Waals surface area contributed by atoms with E-state index in [4.69, 9.17) is 0 Å². The van der Waals surface area contributed by atoms with Crippen molar-refractivity contribution in [3.63, 3.8) is 0 Å². The van der Waals surface area contributed by atoms with Gasteiger partial charge in [-0.3, -0.25) is 0 Å². The molecular weight excluding hydrogens is 268 g/mol. The Labute approximate surface area is 72.7 Å². The van der Waals surface area contributed by atoms with Gasteiger partial charge in [0.05, 0.1) is 0 Å². The first-order valence-corrected chi connectivity index (χ1v) is 6.02. The molecule has 0 aromatic heterocycles. The van der Waals surface area contributed by atoms with Gasteiger partial charge in [-0.2, -0.15) is 0 Å². The molecule has 62 valence electrons. The van der Waals surface area contributed by atoms with Gasteiger partial charge < -0.3 is 0 Å². The van der Waals surface area contributed by atoms with E-state index in [0.717, 1.165) is 6.07 Å². The Balaban J connectivity index is 3.24. The molecule has 0 heterocycles. The molecule has 1 aromatic rings. The molecule has 4 heteroatoms. The number of halogens is 4. The predicted molar refractivity (Wildman–Crippen MR) is 30.9 cm³/mol. The van der Waals surface area contributed by atoms with Gasteiger partial charge >= 0.3 is 72.5 Å². The van der Waals surface area contributed by atoms with E-state index in [9.17, 15) is 13.2 Å². The molecule has 1 rings (SSSR count). The summed E-state index contributed by atoms with van der Waals surface area (Å²) >= 11 is -0.601. The van der Waals surface area contributed by atoms with Crippen molar-refractivity contribution in [3.8, 4) is 0 Å². The number of alkyl halides is 1. The molecule has 0 N–H and O–H groups in total. The van der Waals surface area contributed by atoms with Gasteiger partial charge in [-0.15, -0.1) is 0 Å². The van der Waals surface area contributed by atoms with Crippen LogP contribution in [0.2, 0.25) is 0 Å². The molecule has 1 aromatic carbocycles. The van der Waals surface area contributed by atoms with Crippen LogP contribution in [0.1, 0.15) is 0 Å². The second-order valence-electron chi connectivity index (χ2n) is 1.87. The first-order valence-electron chi connectivity index (χ1n) is 2.79. The summed E-state index contributed by atoms with van der Waals surface area (Å²) < 4.78 is 37.7. The quantitative estimate of drug-likeness (QED) is 0.266. The van der Waals surface area contributed by atoms with E-state index in [2.05, 4.69) is 0 Å². The van der Waals surface area contributed by atoms with Crippen LogP contribution in [0.15, 0.2) is 12.1 Å².